The zero-order chi connectivity index (χ0) is 27.4. The van der Waals surface area contributed by atoms with E-state index in [0.717, 1.165) is 0 Å². The third-order valence-electron chi connectivity index (χ3n) is 5.46. The van der Waals surface area contributed by atoms with Crippen LogP contribution in [0.5, 0.6) is 0 Å². The number of nitrogens with two attached hydrogens (primary N) is 3. The topological polar surface area (TPSA) is 265 Å². The van der Waals surface area contributed by atoms with Crippen LogP contribution in [-0.2, 0) is 35.2 Å². The van der Waals surface area contributed by atoms with Crippen LogP contribution >= 0.6 is 0 Å². The molecule has 0 aliphatic rings. The van der Waals surface area contributed by atoms with E-state index in [1.807, 2.05) is 0 Å². The van der Waals surface area contributed by atoms with E-state index in [0.29, 0.717) is 12.1 Å². The lowest BCUT2D eigenvalue weighted by molar-refractivity contribution is -0.142. The molecule has 0 aliphatic carbocycles. The molecular weight excluding hydrogens is 476 g/mol. The third kappa shape index (κ3) is 10.1. The number of nitrogens with one attached hydrogen (secondary N) is 4. The quantitative estimate of drug-likeness (QED) is 0.112. The number of amides is 5. The molecule has 0 bridgehead atoms. The van der Waals surface area contributed by atoms with Crippen LogP contribution in [0.15, 0.2) is 12.5 Å². The fraction of sp³-hybridized carbons (Fsp3) is 0.571. The summed E-state index contributed by atoms with van der Waals surface area (Å²) in [6.45, 7) is 3.44. The Bertz CT molecular complexity index is 937. The van der Waals surface area contributed by atoms with Gasteiger partial charge in [-0.05, 0) is 12.3 Å². The Balaban J connectivity index is 3.04. The molecule has 1 rings (SSSR count). The lowest BCUT2D eigenvalue weighted by Crippen LogP contribution is -2.59. The van der Waals surface area contributed by atoms with Gasteiger partial charge in [-0.1, -0.05) is 20.3 Å². The number of primary amides is 2. The first-order chi connectivity index (χ1) is 16.8. The molecule has 0 saturated carbocycles. The van der Waals surface area contributed by atoms with Gasteiger partial charge in [-0.15, -0.1) is 0 Å². The first-order valence-electron chi connectivity index (χ1n) is 11.3. The minimum Gasteiger partial charge on any atom is -0.480 e. The zero-order valence-electron chi connectivity index (χ0n) is 20.2. The zero-order valence-corrected chi connectivity index (χ0v) is 20.2. The average molecular weight is 511 g/mol. The smallest absolute Gasteiger partial charge is 0.326 e. The van der Waals surface area contributed by atoms with Crippen LogP contribution in [0.3, 0.4) is 0 Å². The van der Waals surface area contributed by atoms with E-state index in [9.17, 15) is 33.9 Å². The Hall–Kier alpha value is -4.01. The number of hydrogen-bond acceptors (Lipinski definition) is 8. The number of hydrogen-bond donors (Lipinski definition) is 8. The maximum Gasteiger partial charge on any atom is 0.326 e. The van der Waals surface area contributed by atoms with Gasteiger partial charge in [-0.2, -0.15) is 0 Å². The van der Waals surface area contributed by atoms with Gasteiger partial charge < -0.3 is 43.2 Å². The molecule has 5 unspecified atom stereocenters. The van der Waals surface area contributed by atoms with Crippen molar-refractivity contribution in [1.82, 2.24) is 25.9 Å². The molecule has 1 aromatic heterocycles. The Morgan fingerprint density at radius 1 is 1.00 bits per heavy atom. The SMILES string of the molecule is CCC(C)C(NC(=O)C(N)CC(N)=O)C(=O)NC(CCC(N)=O)C(=O)NC(Cc1cnc[nH]1)C(=O)O. The minimum absolute atomic E-state index is 0.110. The first-order valence-corrected chi connectivity index (χ1v) is 11.3. The molecule has 1 heterocycles. The number of rotatable bonds is 16. The summed E-state index contributed by atoms with van der Waals surface area (Å²) in [5, 5.41) is 16.8. The summed E-state index contributed by atoms with van der Waals surface area (Å²) in [7, 11) is 0. The Morgan fingerprint density at radius 2 is 1.64 bits per heavy atom. The second-order valence-corrected chi connectivity index (χ2v) is 8.40. The van der Waals surface area contributed by atoms with E-state index < -0.39 is 72.0 Å². The highest BCUT2D eigenvalue weighted by Crippen LogP contribution is 2.10. The number of carboxylic acids is 1. The van der Waals surface area contributed by atoms with Crippen LogP contribution in [0, 0.1) is 5.92 Å². The predicted molar refractivity (Wildman–Crippen MR) is 125 cm³/mol. The molecule has 15 heteroatoms. The molecule has 0 fully saturated rings. The maximum absolute atomic E-state index is 13.1. The Kier molecular flexibility index (Phi) is 12.0. The normalized spacial score (nSPS) is 15.0. The second kappa shape index (κ2) is 14.4. The van der Waals surface area contributed by atoms with Gasteiger partial charge in [0, 0.05) is 24.7 Å². The van der Waals surface area contributed by atoms with Crippen molar-refractivity contribution in [3.05, 3.63) is 18.2 Å². The summed E-state index contributed by atoms with van der Waals surface area (Å²) >= 11 is 0. The van der Waals surface area contributed by atoms with Crippen molar-refractivity contribution in [2.45, 2.75) is 70.1 Å². The Labute approximate surface area is 207 Å². The highest BCUT2D eigenvalue weighted by Gasteiger charge is 2.33. The summed E-state index contributed by atoms with van der Waals surface area (Å²) in [6.07, 6.45) is 2.17. The summed E-state index contributed by atoms with van der Waals surface area (Å²) in [5.74, 6) is -5.71. The average Bonchev–Trinajstić information content (AvgIpc) is 3.31. The van der Waals surface area contributed by atoms with Crippen molar-refractivity contribution in [1.29, 1.82) is 0 Å². The number of carbonyl (C=O) groups excluding carboxylic acids is 5. The fourth-order valence-corrected chi connectivity index (χ4v) is 3.18. The van der Waals surface area contributed by atoms with Crippen molar-refractivity contribution in [3.8, 4) is 0 Å². The molecule has 5 amide bonds. The van der Waals surface area contributed by atoms with Gasteiger partial charge in [0.15, 0.2) is 0 Å². The fourth-order valence-electron chi connectivity index (χ4n) is 3.18. The second-order valence-electron chi connectivity index (χ2n) is 8.40. The molecule has 200 valence electrons. The highest BCUT2D eigenvalue weighted by atomic mass is 16.4. The monoisotopic (exact) mass is 510 g/mol. The number of carbonyl (C=O) groups is 6. The van der Waals surface area contributed by atoms with Crippen molar-refractivity contribution in [3.63, 3.8) is 0 Å². The molecule has 0 radical (unpaired) electrons. The van der Waals surface area contributed by atoms with Crippen LogP contribution < -0.4 is 33.2 Å². The molecule has 36 heavy (non-hydrogen) atoms. The summed E-state index contributed by atoms with van der Waals surface area (Å²) in [5.41, 5.74) is 16.3. The number of H-pyrrole nitrogens is 1. The van der Waals surface area contributed by atoms with Crippen LogP contribution in [0.1, 0.15) is 45.2 Å². The minimum atomic E-state index is -1.36. The molecule has 11 N–H and O–H groups in total. The summed E-state index contributed by atoms with van der Waals surface area (Å²) in [6, 6.07) is -5.13. The van der Waals surface area contributed by atoms with Crippen molar-refractivity contribution >= 4 is 35.5 Å². The van der Waals surface area contributed by atoms with E-state index in [4.69, 9.17) is 17.2 Å². The highest BCUT2D eigenvalue weighted by molar-refractivity contribution is 5.95. The summed E-state index contributed by atoms with van der Waals surface area (Å²) in [4.78, 5) is 79.0. The number of nitrogens with zero attached hydrogens (tertiary/aromatic N) is 1. The number of carboxylic acid groups (broad SMARTS) is 1. The standard InChI is InChI=1S/C21H34N8O7/c1-3-10(2)17(29-18(32)12(22)7-16(24)31)20(34)27-13(4-5-15(23)30)19(33)28-14(21(35)36)6-11-8-25-9-26-11/h8-10,12-14,17H,3-7,22H2,1-2H3,(H2,23,30)(H2,24,31)(H,25,26)(H,27,34)(H,28,33)(H,29,32)(H,35,36). The Morgan fingerprint density at radius 3 is 2.14 bits per heavy atom. The largest absolute Gasteiger partial charge is 0.480 e. The van der Waals surface area contributed by atoms with Gasteiger partial charge in [0.1, 0.15) is 18.1 Å². The van der Waals surface area contributed by atoms with Crippen LogP contribution in [0.4, 0.5) is 0 Å². The van der Waals surface area contributed by atoms with Gasteiger partial charge >= 0.3 is 5.97 Å². The van der Waals surface area contributed by atoms with E-state index in [2.05, 4.69) is 25.9 Å². The molecule has 15 nitrogen and oxygen atoms in total. The maximum atomic E-state index is 13.1. The number of aromatic amines is 1. The van der Waals surface area contributed by atoms with E-state index in [1.54, 1.807) is 13.8 Å². The van der Waals surface area contributed by atoms with E-state index in [1.165, 1.54) is 12.5 Å². The molecule has 0 aromatic carbocycles. The molecular formula is C21H34N8O7. The number of aliphatic carboxylic acids is 1. The van der Waals surface area contributed by atoms with Gasteiger partial charge in [0.25, 0.3) is 0 Å². The van der Waals surface area contributed by atoms with E-state index >= 15 is 0 Å². The van der Waals surface area contributed by atoms with Gasteiger partial charge in [0.05, 0.1) is 18.8 Å². The van der Waals surface area contributed by atoms with E-state index in [-0.39, 0.29) is 19.3 Å². The molecule has 0 spiro atoms. The van der Waals surface area contributed by atoms with Gasteiger partial charge in [-0.25, -0.2) is 9.78 Å². The third-order valence-corrected chi connectivity index (χ3v) is 5.46. The van der Waals surface area contributed by atoms with Crippen LogP contribution in [-0.4, -0.2) is 74.7 Å². The first kappa shape index (κ1) is 30.0. The summed E-state index contributed by atoms with van der Waals surface area (Å²) < 4.78 is 0. The lowest BCUT2D eigenvalue weighted by atomic mass is 9.97. The number of aromatic nitrogens is 2. The molecule has 1 aromatic rings. The van der Waals surface area contributed by atoms with Crippen molar-refractivity contribution in [2.24, 2.45) is 23.1 Å². The van der Waals surface area contributed by atoms with Crippen LogP contribution in [0.2, 0.25) is 0 Å². The molecule has 5 atom stereocenters. The molecule has 0 saturated heterocycles. The number of imidazole rings is 1. The molecule has 0 aliphatic heterocycles. The predicted octanol–water partition coefficient (Wildman–Crippen LogP) is -2.99. The van der Waals surface area contributed by atoms with Gasteiger partial charge in [-0.3, -0.25) is 24.0 Å². The van der Waals surface area contributed by atoms with Crippen LogP contribution in [0.25, 0.3) is 0 Å². The van der Waals surface area contributed by atoms with Gasteiger partial charge in [0.2, 0.25) is 29.5 Å². The van der Waals surface area contributed by atoms with Crippen molar-refractivity contribution < 1.29 is 33.9 Å². The van der Waals surface area contributed by atoms with Crippen molar-refractivity contribution in [2.75, 3.05) is 0 Å². The lowest BCUT2D eigenvalue weighted by Gasteiger charge is -2.27.